The largest absolute Gasteiger partial charge is 0.481 e. The minimum absolute atomic E-state index is 0.375. The van der Waals surface area contributed by atoms with E-state index in [9.17, 15) is 9.59 Å². The summed E-state index contributed by atoms with van der Waals surface area (Å²) in [5.41, 5.74) is 9.94. The molecule has 2 aromatic carbocycles. The number of nitrogens with two attached hydrogens (primary N) is 1. The lowest BCUT2D eigenvalue weighted by Crippen LogP contribution is -2.31. The first-order valence-electron chi connectivity index (χ1n) is 9.31. The van der Waals surface area contributed by atoms with E-state index in [1.165, 1.54) is 6.92 Å². The number of aromatic nitrogens is 1. The van der Waals surface area contributed by atoms with E-state index in [0.29, 0.717) is 39.8 Å². The van der Waals surface area contributed by atoms with Gasteiger partial charge in [-0.3, -0.25) is 9.59 Å². The van der Waals surface area contributed by atoms with Gasteiger partial charge in [0.05, 0.1) is 36.0 Å². The number of carbonyl (C=O) groups excluding carboxylic acids is 2. The summed E-state index contributed by atoms with van der Waals surface area (Å²) in [5, 5.41) is 3.31. The molecule has 3 N–H and O–H groups in total. The predicted molar refractivity (Wildman–Crippen MR) is 117 cm³/mol. The van der Waals surface area contributed by atoms with Crippen LogP contribution in [0.4, 0.5) is 17.1 Å². The fourth-order valence-corrected chi connectivity index (χ4v) is 3.44. The van der Waals surface area contributed by atoms with Gasteiger partial charge in [-0.15, -0.1) is 0 Å². The van der Waals surface area contributed by atoms with Gasteiger partial charge in [-0.25, -0.2) is 9.88 Å². The van der Waals surface area contributed by atoms with Crippen LogP contribution in [0.15, 0.2) is 66.9 Å². The zero-order valence-electron chi connectivity index (χ0n) is 16.5. The molecule has 7 nitrogen and oxygen atoms in total. The van der Waals surface area contributed by atoms with E-state index >= 15 is 0 Å². The molecule has 0 saturated carbocycles. The maximum Gasteiger partial charge on any atom is 0.267 e. The van der Waals surface area contributed by atoms with Crippen molar-refractivity contribution in [2.24, 2.45) is 0 Å². The number of nitrogen functional groups attached to an aromatic ring is 1. The Kier molecular flexibility index (Phi) is 4.93. The van der Waals surface area contributed by atoms with Gasteiger partial charge in [0.1, 0.15) is 0 Å². The van der Waals surface area contributed by atoms with Crippen LogP contribution in [0.5, 0.6) is 5.88 Å². The summed E-state index contributed by atoms with van der Waals surface area (Å²) in [5.74, 6) is -0.300. The Morgan fingerprint density at radius 1 is 1.10 bits per heavy atom. The second kappa shape index (κ2) is 7.71. The monoisotopic (exact) mass is 400 g/mol. The highest BCUT2D eigenvalue weighted by atomic mass is 16.5. The van der Waals surface area contributed by atoms with E-state index in [0.717, 1.165) is 10.5 Å². The Hall–Kier alpha value is -4.13. The molecule has 0 radical (unpaired) electrons. The van der Waals surface area contributed by atoms with Crippen molar-refractivity contribution in [1.29, 1.82) is 0 Å². The van der Waals surface area contributed by atoms with Gasteiger partial charge in [0.15, 0.2) is 0 Å². The van der Waals surface area contributed by atoms with Crippen molar-refractivity contribution in [3.63, 3.8) is 0 Å². The van der Waals surface area contributed by atoms with Crippen LogP contribution in [0, 0.1) is 0 Å². The number of ether oxygens (including phenoxy) is 1. The van der Waals surface area contributed by atoms with E-state index in [4.69, 9.17) is 10.5 Å². The van der Waals surface area contributed by atoms with Crippen LogP contribution in [0.25, 0.3) is 11.3 Å². The standard InChI is InChI=1S/C23H20N4O3/c1-14(28)27-19-12-16(24)8-10-18(19)21(23(27)29)22(15-6-4-3-5-7-15)26-17-9-11-20(30-2)25-13-17/h3-13,26H,24H2,1-2H3/b22-21-. The number of nitrogens with zero attached hydrogens (tertiary/aromatic N) is 2. The molecule has 0 aliphatic carbocycles. The third kappa shape index (κ3) is 3.37. The van der Waals surface area contributed by atoms with Crippen molar-refractivity contribution in [2.45, 2.75) is 6.92 Å². The lowest BCUT2D eigenvalue weighted by atomic mass is 10.00. The molecule has 2 amide bonds. The number of carbonyl (C=O) groups is 2. The average molecular weight is 400 g/mol. The lowest BCUT2D eigenvalue weighted by molar-refractivity contribution is -0.122. The molecular formula is C23H20N4O3. The Morgan fingerprint density at radius 2 is 1.87 bits per heavy atom. The second-order valence-electron chi connectivity index (χ2n) is 6.77. The Balaban J connectivity index is 1.93. The fraction of sp³-hybridized carbons (Fsp3) is 0.0870. The van der Waals surface area contributed by atoms with Crippen LogP contribution in [-0.2, 0) is 9.59 Å². The summed E-state index contributed by atoms with van der Waals surface area (Å²) in [6, 6.07) is 18.1. The van der Waals surface area contributed by atoms with Gasteiger partial charge in [0.2, 0.25) is 11.8 Å². The highest BCUT2D eigenvalue weighted by molar-refractivity contribution is 6.43. The molecule has 0 bridgehead atoms. The molecule has 4 rings (SSSR count). The summed E-state index contributed by atoms with van der Waals surface area (Å²) < 4.78 is 5.11. The molecule has 0 spiro atoms. The zero-order chi connectivity index (χ0) is 21.3. The summed E-state index contributed by atoms with van der Waals surface area (Å²) >= 11 is 0. The van der Waals surface area contributed by atoms with E-state index in [1.54, 1.807) is 43.6 Å². The molecule has 2 heterocycles. The summed E-state index contributed by atoms with van der Waals surface area (Å²) in [7, 11) is 1.54. The van der Waals surface area contributed by atoms with Crippen molar-refractivity contribution in [1.82, 2.24) is 4.98 Å². The average Bonchev–Trinajstić information content (AvgIpc) is 3.04. The number of hydrogen-bond acceptors (Lipinski definition) is 6. The fourth-order valence-electron chi connectivity index (χ4n) is 3.44. The topological polar surface area (TPSA) is 97.5 Å². The Morgan fingerprint density at radius 3 is 2.50 bits per heavy atom. The summed E-state index contributed by atoms with van der Waals surface area (Å²) in [6.45, 7) is 1.36. The van der Waals surface area contributed by atoms with Gasteiger partial charge >= 0.3 is 0 Å². The van der Waals surface area contributed by atoms with Crippen molar-refractivity contribution in [3.05, 3.63) is 78.0 Å². The number of imide groups is 1. The number of methoxy groups -OCH3 is 1. The van der Waals surface area contributed by atoms with Gasteiger partial charge in [-0.05, 0) is 29.8 Å². The van der Waals surface area contributed by atoms with E-state index in [-0.39, 0.29) is 5.91 Å². The first-order valence-corrected chi connectivity index (χ1v) is 9.31. The first kappa shape index (κ1) is 19.2. The molecule has 3 aromatic rings. The molecule has 150 valence electrons. The van der Waals surface area contributed by atoms with Crippen LogP contribution in [0.1, 0.15) is 18.1 Å². The highest BCUT2D eigenvalue weighted by Crippen LogP contribution is 2.42. The first-order chi connectivity index (χ1) is 14.5. The molecule has 7 heteroatoms. The number of pyridine rings is 1. The normalized spacial score (nSPS) is 14.3. The van der Waals surface area contributed by atoms with Gasteiger partial charge in [-0.2, -0.15) is 0 Å². The highest BCUT2D eigenvalue weighted by Gasteiger charge is 2.37. The molecule has 0 fully saturated rings. The summed E-state index contributed by atoms with van der Waals surface area (Å²) in [6.07, 6.45) is 1.62. The number of fused-ring (bicyclic) bond motifs is 1. The third-order valence-electron chi connectivity index (χ3n) is 4.79. The predicted octanol–water partition coefficient (Wildman–Crippen LogP) is 3.55. The minimum atomic E-state index is -0.407. The third-order valence-corrected chi connectivity index (χ3v) is 4.79. The van der Waals surface area contributed by atoms with E-state index < -0.39 is 5.91 Å². The van der Waals surface area contributed by atoms with Gasteiger partial charge in [0, 0.05) is 24.2 Å². The number of amides is 2. The second-order valence-corrected chi connectivity index (χ2v) is 6.77. The zero-order valence-corrected chi connectivity index (χ0v) is 16.5. The maximum atomic E-state index is 13.4. The Bertz CT molecular complexity index is 1150. The SMILES string of the molecule is COc1ccc(N/C(=C2\C(=O)N(C(C)=O)c3cc(N)ccc32)c2ccccc2)cn1. The van der Waals surface area contributed by atoms with Crippen molar-refractivity contribution < 1.29 is 14.3 Å². The van der Waals surface area contributed by atoms with Crippen LogP contribution in [0.2, 0.25) is 0 Å². The lowest BCUT2D eigenvalue weighted by Gasteiger charge is -2.15. The molecule has 0 unspecified atom stereocenters. The molecular weight excluding hydrogens is 380 g/mol. The number of nitrogens with one attached hydrogen (secondary N) is 1. The minimum Gasteiger partial charge on any atom is -0.481 e. The van der Waals surface area contributed by atoms with Crippen LogP contribution in [-0.4, -0.2) is 23.9 Å². The molecule has 1 aromatic heterocycles. The van der Waals surface area contributed by atoms with Crippen LogP contribution < -0.4 is 20.7 Å². The van der Waals surface area contributed by atoms with Gasteiger partial charge < -0.3 is 15.8 Å². The quantitative estimate of drug-likeness (QED) is 0.513. The summed E-state index contributed by atoms with van der Waals surface area (Å²) in [4.78, 5) is 31.0. The molecule has 0 saturated heterocycles. The Labute approximate surface area is 173 Å². The number of benzene rings is 2. The van der Waals surface area contributed by atoms with Gasteiger partial charge in [-0.1, -0.05) is 30.3 Å². The number of anilines is 3. The van der Waals surface area contributed by atoms with E-state index in [1.807, 2.05) is 30.3 Å². The molecule has 1 aliphatic heterocycles. The van der Waals surface area contributed by atoms with Crippen molar-refractivity contribution in [2.75, 3.05) is 23.1 Å². The van der Waals surface area contributed by atoms with Crippen LogP contribution in [0.3, 0.4) is 0 Å². The van der Waals surface area contributed by atoms with Crippen molar-refractivity contribution >= 4 is 40.1 Å². The van der Waals surface area contributed by atoms with Crippen molar-refractivity contribution in [3.8, 4) is 5.88 Å². The smallest absolute Gasteiger partial charge is 0.267 e. The molecule has 1 aliphatic rings. The molecule has 30 heavy (non-hydrogen) atoms. The number of hydrogen-bond donors (Lipinski definition) is 2. The van der Waals surface area contributed by atoms with Gasteiger partial charge in [0.25, 0.3) is 5.91 Å². The molecule has 0 atom stereocenters. The van der Waals surface area contributed by atoms with Crippen LogP contribution >= 0.6 is 0 Å². The van der Waals surface area contributed by atoms with E-state index in [2.05, 4.69) is 10.3 Å². The number of rotatable bonds is 4. The maximum absolute atomic E-state index is 13.4.